The molecule has 2 aromatic carbocycles. The number of likely N-dealkylation sites (N-methyl/N-ethyl adjacent to an activating group) is 1. The number of hydrogen-bond acceptors (Lipinski definition) is 7. The van der Waals surface area contributed by atoms with Gasteiger partial charge in [0, 0.05) is 56.1 Å². The maximum atomic E-state index is 14.4. The Hall–Kier alpha value is -3.32. The third kappa shape index (κ3) is 5.58. The van der Waals surface area contributed by atoms with E-state index in [9.17, 15) is 22.4 Å². The number of hydrogen-bond donors (Lipinski definition) is 2. The highest BCUT2D eigenvalue weighted by atomic mass is 32.2. The Morgan fingerprint density at radius 1 is 0.974 bits per heavy atom. The van der Waals surface area contributed by atoms with Crippen molar-refractivity contribution in [1.29, 1.82) is 0 Å². The monoisotopic (exact) mass is 545 g/mol. The maximum absolute atomic E-state index is 14.4. The molecule has 38 heavy (non-hydrogen) atoms. The van der Waals surface area contributed by atoms with Gasteiger partial charge in [-0.25, -0.2) is 22.9 Å². The first-order valence-electron chi connectivity index (χ1n) is 12.6. The molecule has 2 aliphatic heterocycles. The van der Waals surface area contributed by atoms with Crippen molar-refractivity contribution in [3.8, 4) is 0 Å². The molecule has 3 heterocycles. The molecule has 3 N–H and O–H groups in total. The van der Waals surface area contributed by atoms with Gasteiger partial charge in [-0.15, -0.1) is 0 Å². The Labute approximate surface area is 220 Å². The summed E-state index contributed by atoms with van der Waals surface area (Å²) in [5.41, 5.74) is 1.81. The molecule has 5 rings (SSSR count). The lowest BCUT2D eigenvalue weighted by molar-refractivity contribution is -0.880. The Kier molecular flexibility index (Phi) is 7.23. The summed E-state index contributed by atoms with van der Waals surface area (Å²) in [6.07, 6.45) is 1.22. The molecule has 0 unspecified atom stereocenters. The molecule has 0 radical (unpaired) electrons. The minimum atomic E-state index is -3.20. The molecule has 202 valence electrons. The quantitative estimate of drug-likeness (QED) is 0.411. The van der Waals surface area contributed by atoms with Crippen molar-refractivity contribution in [2.45, 2.75) is 0 Å². The third-order valence-corrected chi connectivity index (χ3v) is 8.54. The number of benzene rings is 2. The van der Waals surface area contributed by atoms with E-state index in [0.29, 0.717) is 50.6 Å². The van der Waals surface area contributed by atoms with Crippen LogP contribution < -0.4 is 25.4 Å². The van der Waals surface area contributed by atoms with Gasteiger partial charge < -0.3 is 19.1 Å². The summed E-state index contributed by atoms with van der Waals surface area (Å²) in [7, 11) is -1.10. The van der Waals surface area contributed by atoms with Crippen LogP contribution in [0.4, 0.5) is 21.5 Å². The molecule has 0 atom stereocenters. The number of halogens is 1. The average molecular weight is 546 g/mol. The molecule has 3 aromatic rings. The van der Waals surface area contributed by atoms with E-state index in [2.05, 4.69) is 11.9 Å². The summed E-state index contributed by atoms with van der Waals surface area (Å²) in [6, 6.07) is 11.0. The van der Waals surface area contributed by atoms with Crippen LogP contribution >= 0.6 is 0 Å². The summed E-state index contributed by atoms with van der Waals surface area (Å²) in [4.78, 5) is 31.4. The highest BCUT2D eigenvalue weighted by Gasteiger charge is 2.25. The van der Waals surface area contributed by atoms with Crippen LogP contribution in [0.2, 0.25) is 0 Å². The fourth-order valence-electron chi connectivity index (χ4n) is 4.97. The van der Waals surface area contributed by atoms with E-state index in [-0.39, 0.29) is 16.7 Å². The minimum Gasteiger partial charge on any atom is -0.444 e. The average Bonchev–Trinajstić information content (AvgIpc) is 2.89. The molecule has 0 aliphatic carbocycles. The molecule has 10 nitrogen and oxygen atoms in total. The molecule has 2 fully saturated rings. The lowest BCUT2D eigenvalue weighted by Crippen LogP contribution is -3.12. The van der Waals surface area contributed by atoms with Gasteiger partial charge in [0.1, 0.15) is 11.5 Å². The Morgan fingerprint density at radius 3 is 2.26 bits per heavy atom. The van der Waals surface area contributed by atoms with Crippen LogP contribution in [0.5, 0.6) is 0 Å². The van der Waals surface area contributed by atoms with Crippen LogP contribution in [0, 0.1) is 5.82 Å². The van der Waals surface area contributed by atoms with Crippen LogP contribution in [-0.2, 0) is 10.0 Å². The topological polar surface area (TPSA) is 112 Å². The van der Waals surface area contributed by atoms with Gasteiger partial charge in [0.15, 0.2) is 11.0 Å². The number of quaternary nitrogens is 2. The number of nitrogens with zero attached hydrogens (tertiary/aromatic N) is 3. The third-order valence-electron chi connectivity index (χ3n) is 7.24. The lowest BCUT2D eigenvalue weighted by atomic mass is 10.1. The molecule has 2 aliphatic rings. The molecule has 12 heteroatoms. The van der Waals surface area contributed by atoms with Crippen molar-refractivity contribution < 1.29 is 32.2 Å². The highest BCUT2D eigenvalue weighted by Crippen LogP contribution is 2.28. The number of nitrogens with two attached hydrogens (primary N) is 1. The van der Waals surface area contributed by atoms with Gasteiger partial charge in [-0.1, -0.05) is 0 Å². The van der Waals surface area contributed by atoms with Crippen molar-refractivity contribution in [3.63, 3.8) is 0 Å². The number of fused-ring (bicyclic) bond motifs is 1. The van der Waals surface area contributed by atoms with Crippen LogP contribution in [0.1, 0.15) is 10.6 Å². The Bertz CT molecular complexity index is 1510. The fourth-order valence-corrected chi connectivity index (χ4v) is 5.80. The number of carbonyl (C=O) groups excluding carboxylic acids is 1. The Balaban J connectivity index is 1.33. The smallest absolute Gasteiger partial charge is 0.383 e. The van der Waals surface area contributed by atoms with Crippen molar-refractivity contribution in [3.05, 3.63) is 64.3 Å². The number of nitrogens with one attached hydrogen (secondary N) is 1. The van der Waals surface area contributed by atoms with Gasteiger partial charge in [0.05, 0.1) is 50.6 Å². The van der Waals surface area contributed by atoms with Crippen LogP contribution in [0.25, 0.3) is 11.0 Å². The first-order valence-corrected chi connectivity index (χ1v) is 14.5. The van der Waals surface area contributed by atoms with Crippen molar-refractivity contribution in [1.82, 2.24) is 4.31 Å². The maximum Gasteiger partial charge on any atom is 0.383 e. The second-order valence-electron chi connectivity index (χ2n) is 9.97. The van der Waals surface area contributed by atoms with Crippen molar-refractivity contribution >= 4 is 44.0 Å². The van der Waals surface area contributed by atoms with Gasteiger partial charge in [-0.2, -0.15) is 4.31 Å². The number of primary amides is 1. The van der Waals surface area contributed by atoms with Gasteiger partial charge in [0.25, 0.3) is 0 Å². The number of rotatable bonds is 5. The zero-order valence-corrected chi connectivity index (χ0v) is 22.3. The molecule has 0 spiro atoms. The van der Waals surface area contributed by atoms with Crippen molar-refractivity contribution in [2.24, 2.45) is 0 Å². The van der Waals surface area contributed by atoms with Gasteiger partial charge in [-0.05, 0) is 18.2 Å². The molecular weight excluding hydrogens is 513 g/mol. The summed E-state index contributed by atoms with van der Waals surface area (Å²) >= 11 is 0. The van der Waals surface area contributed by atoms with E-state index in [1.165, 1.54) is 26.8 Å². The number of sulfonamides is 1. The first-order chi connectivity index (χ1) is 18.1. The molecular formula is C26H32FN5O5S+2. The van der Waals surface area contributed by atoms with Gasteiger partial charge in [-0.3, -0.25) is 4.79 Å². The summed E-state index contributed by atoms with van der Waals surface area (Å²) in [6.45, 7) is 5.13. The van der Waals surface area contributed by atoms with Gasteiger partial charge in [0.2, 0.25) is 15.8 Å². The fraction of sp³-hybridized carbons (Fsp3) is 0.385. The van der Waals surface area contributed by atoms with Crippen molar-refractivity contribution in [2.75, 3.05) is 75.5 Å². The van der Waals surface area contributed by atoms with Crippen LogP contribution in [0.3, 0.4) is 0 Å². The summed E-state index contributed by atoms with van der Waals surface area (Å²) in [5, 5.41) is 1.51. The molecule has 1 aromatic heterocycles. The number of carbonyl (C=O) groups is 1. The molecule has 0 saturated carbocycles. The molecule has 2 saturated heterocycles. The van der Waals surface area contributed by atoms with Crippen LogP contribution in [0.15, 0.2) is 51.7 Å². The second kappa shape index (κ2) is 10.4. The summed E-state index contributed by atoms with van der Waals surface area (Å²) in [5.74, 6) is -1.08. The predicted octanol–water partition coefficient (Wildman–Crippen LogP) is -0.616. The lowest BCUT2D eigenvalue weighted by Gasteiger charge is -2.34. The molecule has 0 bridgehead atoms. The van der Waals surface area contributed by atoms with E-state index in [4.69, 9.17) is 4.42 Å². The normalized spacial score (nSPS) is 17.8. The van der Waals surface area contributed by atoms with E-state index in [1.807, 2.05) is 17.0 Å². The standard InChI is InChI=1S/C26H30FN5O5S/c1-29-7-9-31(10-8-29)22-16-18(27)15-21-23(33)17-24(37-25(21)22)26(34)28-19-3-5-20(6-4-19)30-11-13-32(14-12-30)38(2,35)36/h3-6,15-17H,7-14H2,1-2H3,(H,28,34)/p+2. The van der Waals surface area contributed by atoms with Gasteiger partial charge >= 0.3 is 5.91 Å². The first kappa shape index (κ1) is 26.3. The minimum absolute atomic E-state index is 0.101. The molecule has 1 amide bonds. The van der Waals surface area contributed by atoms with Crippen LogP contribution in [-0.4, -0.2) is 84.3 Å². The SMILES string of the molecule is C[NH+]1CCN(c2cc(F)cc3c(=O)cc(C(=O)[NH2+]c4ccc(N5CCN(S(C)(=O)=O)CC5)cc4)oc23)CC1. The van der Waals surface area contributed by atoms with E-state index in [1.54, 1.807) is 12.1 Å². The summed E-state index contributed by atoms with van der Waals surface area (Å²) < 4.78 is 45.3. The zero-order valence-electron chi connectivity index (χ0n) is 21.4. The highest BCUT2D eigenvalue weighted by molar-refractivity contribution is 7.88. The predicted molar refractivity (Wildman–Crippen MR) is 142 cm³/mol. The zero-order chi connectivity index (χ0) is 27.0. The number of piperazine rings is 2. The van der Waals surface area contributed by atoms with E-state index >= 15 is 0 Å². The van der Waals surface area contributed by atoms with E-state index in [0.717, 1.165) is 30.9 Å². The number of anilines is 2. The largest absolute Gasteiger partial charge is 0.444 e. The Morgan fingerprint density at radius 2 is 1.63 bits per heavy atom. The number of amides is 1. The van der Waals surface area contributed by atoms with E-state index < -0.39 is 27.2 Å². The second-order valence-corrected chi connectivity index (χ2v) is 12.0.